The molecule has 0 bridgehead atoms. The molecular weight excluding hydrogens is 380 g/mol. The van der Waals surface area contributed by atoms with Crippen molar-refractivity contribution < 1.29 is 9.59 Å². The van der Waals surface area contributed by atoms with Crippen LogP contribution in [0.4, 0.5) is 0 Å². The van der Waals surface area contributed by atoms with Crippen LogP contribution in [0.3, 0.4) is 0 Å². The van der Waals surface area contributed by atoms with E-state index in [0.717, 1.165) is 0 Å². The average Bonchev–Trinajstić information content (AvgIpc) is 2.81. The van der Waals surface area contributed by atoms with E-state index in [0.29, 0.717) is 33.9 Å². The fourth-order valence-corrected chi connectivity index (χ4v) is 2.39. The first-order valence-electron chi connectivity index (χ1n) is 9.17. The third-order valence-corrected chi connectivity index (χ3v) is 4.12. The summed E-state index contributed by atoms with van der Waals surface area (Å²) in [4.78, 5) is 32.7. The first-order valence-corrected chi connectivity index (χ1v) is 9.17. The molecule has 0 fully saturated rings. The maximum atomic E-state index is 12.0. The molecular formula is C22H20N6O2. The normalized spacial score (nSPS) is 11.7. The van der Waals surface area contributed by atoms with E-state index in [2.05, 4.69) is 31.0 Å². The van der Waals surface area contributed by atoms with Crippen molar-refractivity contribution >= 4 is 23.2 Å². The van der Waals surface area contributed by atoms with Gasteiger partial charge in [-0.15, -0.1) is 0 Å². The molecule has 0 unspecified atom stereocenters. The van der Waals surface area contributed by atoms with Crippen molar-refractivity contribution in [2.24, 2.45) is 10.2 Å². The highest BCUT2D eigenvalue weighted by molar-refractivity contribution is 6.01. The number of hydrogen-bond acceptors (Lipinski definition) is 6. The maximum Gasteiger partial charge on any atom is 0.271 e. The van der Waals surface area contributed by atoms with E-state index in [-0.39, 0.29) is 11.8 Å². The number of aromatic nitrogens is 2. The summed E-state index contributed by atoms with van der Waals surface area (Å²) >= 11 is 0. The minimum Gasteiger partial charge on any atom is -0.267 e. The Morgan fingerprint density at radius 2 is 1.03 bits per heavy atom. The number of nitrogens with one attached hydrogen (secondary N) is 2. The molecule has 8 nitrogen and oxygen atoms in total. The molecule has 3 aromatic rings. The molecule has 0 saturated carbocycles. The average molecular weight is 400 g/mol. The maximum absolute atomic E-state index is 12.0. The minimum atomic E-state index is -0.309. The Labute approximate surface area is 173 Å². The Morgan fingerprint density at radius 3 is 1.37 bits per heavy atom. The zero-order valence-corrected chi connectivity index (χ0v) is 16.5. The van der Waals surface area contributed by atoms with E-state index in [4.69, 9.17) is 0 Å². The van der Waals surface area contributed by atoms with Crippen LogP contribution in [-0.4, -0.2) is 33.2 Å². The van der Waals surface area contributed by atoms with Gasteiger partial charge in [-0.05, 0) is 38.1 Å². The second kappa shape index (κ2) is 9.83. The van der Waals surface area contributed by atoms with Gasteiger partial charge >= 0.3 is 0 Å². The molecule has 0 radical (unpaired) electrons. The largest absolute Gasteiger partial charge is 0.271 e. The first kappa shape index (κ1) is 20.5. The molecule has 1 aromatic heterocycles. The molecule has 30 heavy (non-hydrogen) atoms. The summed E-state index contributed by atoms with van der Waals surface area (Å²) < 4.78 is 0. The topological polar surface area (TPSA) is 109 Å². The van der Waals surface area contributed by atoms with Crippen LogP contribution in [0.1, 0.15) is 46.0 Å². The summed E-state index contributed by atoms with van der Waals surface area (Å²) in [6, 6.07) is 17.6. The number of nitrogens with zero attached hydrogens (tertiary/aromatic N) is 4. The van der Waals surface area contributed by atoms with Gasteiger partial charge in [0, 0.05) is 11.1 Å². The summed E-state index contributed by atoms with van der Waals surface area (Å²) in [5, 5.41) is 8.13. The summed E-state index contributed by atoms with van der Waals surface area (Å²) in [7, 11) is 0. The van der Waals surface area contributed by atoms with Crippen molar-refractivity contribution in [3.8, 4) is 0 Å². The predicted octanol–water partition coefficient (Wildman–Crippen LogP) is 2.78. The van der Waals surface area contributed by atoms with E-state index >= 15 is 0 Å². The Kier molecular flexibility index (Phi) is 6.73. The lowest BCUT2D eigenvalue weighted by atomic mass is 10.2. The van der Waals surface area contributed by atoms with Crippen molar-refractivity contribution in [3.63, 3.8) is 0 Å². The van der Waals surface area contributed by atoms with Gasteiger partial charge in [0.15, 0.2) is 0 Å². The van der Waals surface area contributed by atoms with Crippen LogP contribution < -0.4 is 10.9 Å². The smallest absolute Gasteiger partial charge is 0.267 e. The van der Waals surface area contributed by atoms with Crippen molar-refractivity contribution in [2.45, 2.75) is 13.8 Å². The van der Waals surface area contributed by atoms with E-state index < -0.39 is 0 Å². The summed E-state index contributed by atoms with van der Waals surface area (Å²) in [5.41, 5.74) is 8.04. The number of carbonyl (C=O) groups is 2. The van der Waals surface area contributed by atoms with Crippen LogP contribution in [0, 0.1) is 0 Å². The SMILES string of the molecule is C/C(=N\NC(=O)c1ccccc1)c1cnc(/C(C)=N/NC(=O)c2ccccc2)cn1. The quantitative estimate of drug-likeness (QED) is 0.490. The monoisotopic (exact) mass is 400 g/mol. The number of carbonyl (C=O) groups excluding carboxylic acids is 2. The standard InChI is InChI=1S/C22H20N6O2/c1-15(25-27-21(29)17-9-5-3-6-10-17)19-13-24-20(14-23-19)16(2)26-28-22(30)18-11-7-4-8-12-18/h3-14H,1-2H3,(H,27,29)(H,28,30)/b25-15+,26-16+. The molecule has 2 amide bonds. The lowest BCUT2D eigenvalue weighted by Crippen LogP contribution is -2.20. The van der Waals surface area contributed by atoms with Crippen molar-refractivity contribution in [1.82, 2.24) is 20.8 Å². The third-order valence-electron chi connectivity index (χ3n) is 4.12. The van der Waals surface area contributed by atoms with Gasteiger partial charge in [0.1, 0.15) is 11.4 Å². The highest BCUT2D eigenvalue weighted by Gasteiger charge is 2.07. The Morgan fingerprint density at radius 1 is 0.667 bits per heavy atom. The fraction of sp³-hybridized carbons (Fsp3) is 0.0909. The van der Waals surface area contributed by atoms with E-state index in [1.54, 1.807) is 62.4 Å². The molecule has 2 aromatic carbocycles. The number of rotatable bonds is 6. The van der Waals surface area contributed by atoms with Crippen molar-refractivity contribution in [3.05, 3.63) is 95.6 Å². The highest BCUT2D eigenvalue weighted by Crippen LogP contribution is 2.02. The van der Waals surface area contributed by atoms with Gasteiger partial charge in [0.2, 0.25) is 0 Å². The van der Waals surface area contributed by atoms with Gasteiger partial charge < -0.3 is 0 Å². The molecule has 0 spiro atoms. The van der Waals surface area contributed by atoms with Gasteiger partial charge in [-0.2, -0.15) is 10.2 Å². The van der Waals surface area contributed by atoms with Gasteiger partial charge in [-0.25, -0.2) is 10.9 Å². The molecule has 0 aliphatic rings. The molecule has 1 heterocycles. The molecule has 8 heteroatoms. The predicted molar refractivity (Wildman–Crippen MR) is 114 cm³/mol. The number of amides is 2. The third kappa shape index (κ3) is 5.41. The molecule has 3 rings (SSSR count). The van der Waals surface area contributed by atoms with Gasteiger partial charge in [0.05, 0.1) is 23.8 Å². The second-order valence-corrected chi connectivity index (χ2v) is 6.30. The number of hydrogen-bond donors (Lipinski definition) is 2. The summed E-state index contributed by atoms with van der Waals surface area (Å²) in [6.45, 7) is 3.44. The molecule has 0 saturated heterocycles. The van der Waals surface area contributed by atoms with Gasteiger partial charge in [-0.3, -0.25) is 19.6 Å². The molecule has 0 aliphatic carbocycles. The highest BCUT2D eigenvalue weighted by atomic mass is 16.2. The van der Waals surface area contributed by atoms with Crippen molar-refractivity contribution in [1.29, 1.82) is 0 Å². The number of benzene rings is 2. The zero-order chi connectivity index (χ0) is 21.3. The zero-order valence-electron chi connectivity index (χ0n) is 16.5. The van der Waals surface area contributed by atoms with E-state index in [1.165, 1.54) is 12.4 Å². The van der Waals surface area contributed by atoms with Crippen molar-refractivity contribution in [2.75, 3.05) is 0 Å². The van der Waals surface area contributed by atoms with Crippen LogP contribution in [-0.2, 0) is 0 Å². The lowest BCUT2D eigenvalue weighted by molar-refractivity contribution is 0.0947. The molecule has 0 atom stereocenters. The molecule has 0 aliphatic heterocycles. The lowest BCUT2D eigenvalue weighted by Gasteiger charge is -2.04. The molecule has 2 N–H and O–H groups in total. The Hall–Kier alpha value is -4.20. The van der Waals surface area contributed by atoms with E-state index in [1.807, 2.05) is 12.1 Å². The molecule has 150 valence electrons. The fourth-order valence-electron chi connectivity index (χ4n) is 2.39. The summed E-state index contributed by atoms with van der Waals surface area (Å²) in [5.74, 6) is -0.617. The Bertz CT molecular complexity index is 989. The van der Waals surface area contributed by atoms with Gasteiger partial charge in [0.25, 0.3) is 11.8 Å². The van der Waals surface area contributed by atoms with Crippen LogP contribution >= 0.6 is 0 Å². The van der Waals surface area contributed by atoms with Crippen LogP contribution in [0.25, 0.3) is 0 Å². The Balaban J connectivity index is 1.62. The van der Waals surface area contributed by atoms with Crippen LogP contribution in [0.2, 0.25) is 0 Å². The van der Waals surface area contributed by atoms with Crippen LogP contribution in [0.5, 0.6) is 0 Å². The minimum absolute atomic E-state index is 0.309. The first-order chi connectivity index (χ1) is 14.5. The number of hydrazone groups is 2. The van der Waals surface area contributed by atoms with Gasteiger partial charge in [-0.1, -0.05) is 36.4 Å². The van der Waals surface area contributed by atoms with Crippen LogP contribution in [0.15, 0.2) is 83.3 Å². The summed E-state index contributed by atoms with van der Waals surface area (Å²) in [6.07, 6.45) is 3.06. The van der Waals surface area contributed by atoms with E-state index in [9.17, 15) is 9.59 Å². The second-order valence-electron chi connectivity index (χ2n) is 6.30.